The average Bonchev–Trinajstić information content (AvgIpc) is 2.94. The van der Waals surface area contributed by atoms with Crippen molar-refractivity contribution in [2.75, 3.05) is 6.54 Å². The van der Waals surface area contributed by atoms with Crippen LogP contribution in [0.25, 0.3) is 10.7 Å². The molecule has 0 bridgehead atoms. The molecule has 2 aromatic rings. The van der Waals surface area contributed by atoms with Gasteiger partial charge in [0.05, 0.1) is 4.88 Å². The molecule has 8 heteroatoms. The van der Waals surface area contributed by atoms with Gasteiger partial charge >= 0.3 is 12.1 Å². The van der Waals surface area contributed by atoms with Crippen molar-refractivity contribution in [3.05, 3.63) is 22.4 Å². The number of aromatic nitrogens is 2. The molecule has 0 radical (unpaired) electrons. The highest BCUT2D eigenvalue weighted by Gasteiger charge is 2.38. The first-order chi connectivity index (χ1) is 8.54. The smallest absolute Gasteiger partial charge is 0.329 e. The van der Waals surface area contributed by atoms with Crippen LogP contribution in [-0.4, -0.2) is 16.7 Å². The highest BCUT2D eigenvalue weighted by molar-refractivity contribution is 7.15. The second kappa shape index (κ2) is 4.06. The zero-order chi connectivity index (χ0) is 12.8. The quantitative estimate of drug-likeness (QED) is 0.868. The Balaban J connectivity index is 1.95. The Kier molecular flexibility index (Phi) is 2.63. The standard InChI is InChI=1S/C10H8F3N3OS/c11-10(12,13)9-15-8(16-17-9)7-3-5-4-14-2-1-6(5)18-7/h3,14H,1-2,4H2. The van der Waals surface area contributed by atoms with E-state index >= 15 is 0 Å². The molecule has 0 amide bonds. The van der Waals surface area contributed by atoms with Crippen molar-refractivity contribution < 1.29 is 17.7 Å². The molecule has 0 unspecified atom stereocenters. The van der Waals surface area contributed by atoms with Gasteiger partial charge in [-0.3, -0.25) is 0 Å². The molecule has 3 heterocycles. The van der Waals surface area contributed by atoms with Crippen LogP contribution in [0.3, 0.4) is 0 Å². The molecule has 1 N–H and O–H groups in total. The van der Waals surface area contributed by atoms with Crippen LogP contribution in [-0.2, 0) is 19.1 Å². The van der Waals surface area contributed by atoms with E-state index < -0.39 is 12.1 Å². The summed E-state index contributed by atoms with van der Waals surface area (Å²) in [5.74, 6) is -1.30. The van der Waals surface area contributed by atoms with Crippen LogP contribution in [0.5, 0.6) is 0 Å². The topological polar surface area (TPSA) is 51.0 Å². The molecule has 0 spiro atoms. The van der Waals surface area contributed by atoms with E-state index in [1.54, 1.807) is 0 Å². The SMILES string of the molecule is FC(F)(F)c1nc(-c2cc3c(s2)CCNC3)no1. The second-order valence-corrected chi connectivity index (χ2v) is 5.04. The van der Waals surface area contributed by atoms with E-state index in [-0.39, 0.29) is 5.82 Å². The molecular weight excluding hydrogens is 267 g/mol. The van der Waals surface area contributed by atoms with Crippen molar-refractivity contribution in [3.63, 3.8) is 0 Å². The fraction of sp³-hybridized carbons (Fsp3) is 0.400. The maximum absolute atomic E-state index is 12.3. The van der Waals surface area contributed by atoms with Crippen molar-refractivity contribution in [3.8, 4) is 10.7 Å². The van der Waals surface area contributed by atoms with Crippen LogP contribution < -0.4 is 5.32 Å². The fourth-order valence-corrected chi connectivity index (χ4v) is 2.91. The monoisotopic (exact) mass is 275 g/mol. The van der Waals surface area contributed by atoms with Gasteiger partial charge < -0.3 is 9.84 Å². The molecule has 18 heavy (non-hydrogen) atoms. The maximum atomic E-state index is 12.3. The third-order valence-corrected chi connectivity index (χ3v) is 3.86. The highest BCUT2D eigenvalue weighted by Crippen LogP contribution is 2.34. The first-order valence-corrected chi connectivity index (χ1v) is 6.09. The van der Waals surface area contributed by atoms with Gasteiger partial charge in [-0.2, -0.15) is 18.2 Å². The lowest BCUT2D eigenvalue weighted by Gasteiger charge is -2.10. The van der Waals surface area contributed by atoms with E-state index in [0.29, 0.717) is 4.88 Å². The minimum Gasteiger partial charge on any atom is -0.329 e. The van der Waals surface area contributed by atoms with Crippen LogP contribution >= 0.6 is 11.3 Å². The Morgan fingerprint density at radius 3 is 2.89 bits per heavy atom. The van der Waals surface area contributed by atoms with Crippen LogP contribution in [0, 0.1) is 0 Å². The fourth-order valence-electron chi connectivity index (χ4n) is 1.80. The maximum Gasteiger partial charge on any atom is 0.471 e. The van der Waals surface area contributed by atoms with E-state index in [1.165, 1.54) is 16.2 Å². The molecule has 4 nitrogen and oxygen atoms in total. The summed E-state index contributed by atoms with van der Waals surface area (Å²) in [5, 5.41) is 6.58. The molecule has 1 aliphatic rings. The number of rotatable bonds is 1. The number of alkyl halides is 3. The van der Waals surface area contributed by atoms with E-state index in [0.717, 1.165) is 25.1 Å². The second-order valence-electron chi connectivity index (χ2n) is 3.91. The molecular formula is C10H8F3N3OS. The molecule has 1 aliphatic heterocycles. The van der Waals surface area contributed by atoms with E-state index in [9.17, 15) is 13.2 Å². The van der Waals surface area contributed by atoms with Crippen LogP contribution in [0.1, 0.15) is 16.3 Å². The minimum atomic E-state index is -4.59. The number of hydrogen-bond donors (Lipinski definition) is 1. The largest absolute Gasteiger partial charge is 0.471 e. The molecule has 0 saturated carbocycles. The normalized spacial score (nSPS) is 15.7. The molecule has 0 saturated heterocycles. The number of halogens is 3. The van der Waals surface area contributed by atoms with Gasteiger partial charge in [-0.25, -0.2) is 0 Å². The number of fused-ring (bicyclic) bond motifs is 1. The minimum absolute atomic E-state index is 0.00160. The summed E-state index contributed by atoms with van der Waals surface area (Å²) in [7, 11) is 0. The Bertz CT molecular complexity index is 552. The van der Waals surface area contributed by atoms with Crippen LogP contribution in [0.15, 0.2) is 10.6 Å². The molecule has 2 aromatic heterocycles. The summed E-state index contributed by atoms with van der Waals surface area (Å²) >= 11 is 1.42. The third-order valence-electron chi connectivity index (χ3n) is 2.63. The average molecular weight is 275 g/mol. The predicted octanol–water partition coefficient (Wildman–Crippen LogP) is 2.46. The molecule has 3 rings (SSSR count). The van der Waals surface area contributed by atoms with Crippen molar-refractivity contribution in [1.82, 2.24) is 15.5 Å². The molecule has 0 aromatic carbocycles. The van der Waals surface area contributed by atoms with Crippen molar-refractivity contribution in [1.29, 1.82) is 0 Å². The number of nitrogens with zero attached hydrogens (tertiary/aromatic N) is 2. The van der Waals surface area contributed by atoms with Gasteiger partial charge in [-0.15, -0.1) is 11.3 Å². The lowest BCUT2D eigenvalue weighted by atomic mass is 10.1. The van der Waals surface area contributed by atoms with Gasteiger partial charge in [0.25, 0.3) is 0 Å². The van der Waals surface area contributed by atoms with E-state index in [4.69, 9.17) is 0 Å². The zero-order valence-electron chi connectivity index (χ0n) is 9.04. The molecule has 96 valence electrons. The lowest BCUT2D eigenvalue weighted by molar-refractivity contribution is -0.159. The molecule has 0 fully saturated rings. The Morgan fingerprint density at radius 2 is 2.22 bits per heavy atom. The number of nitrogens with one attached hydrogen (secondary N) is 1. The van der Waals surface area contributed by atoms with Crippen molar-refractivity contribution in [2.24, 2.45) is 0 Å². The van der Waals surface area contributed by atoms with Gasteiger partial charge in [0, 0.05) is 18.0 Å². The summed E-state index contributed by atoms with van der Waals surface area (Å²) in [6.07, 6.45) is -3.71. The van der Waals surface area contributed by atoms with Gasteiger partial charge in [0.1, 0.15) is 0 Å². The van der Waals surface area contributed by atoms with E-state index in [2.05, 4.69) is 20.0 Å². The molecule has 0 aliphatic carbocycles. The van der Waals surface area contributed by atoms with Gasteiger partial charge in [-0.05, 0) is 18.1 Å². The predicted molar refractivity (Wildman–Crippen MR) is 58.0 cm³/mol. The third kappa shape index (κ3) is 2.01. The van der Waals surface area contributed by atoms with Crippen LogP contribution in [0.2, 0.25) is 0 Å². The van der Waals surface area contributed by atoms with E-state index in [1.807, 2.05) is 6.07 Å². The Hall–Kier alpha value is -1.41. The number of hydrogen-bond acceptors (Lipinski definition) is 5. The Morgan fingerprint density at radius 1 is 1.39 bits per heavy atom. The van der Waals surface area contributed by atoms with Gasteiger partial charge in [0.2, 0.25) is 5.82 Å². The van der Waals surface area contributed by atoms with Gasteiger partial charge in [-0.1, -0.05) is 5.16 Å². The van der Waals surface area contributed by atoms with Gasteiger partial charge in [0.15, 0.2) is 0 Å². The van der Waals surface area contributed by atoms with Crippen molar-refractivity contribution in [2.45, 2.75) is 19.1 Å². The summed E-state index contributed by atoms with van der Waals surface area (Å²) in [6.45, 7) is 1.61. The lowest BCUT2D eigenvalue weighted by Crippen LogP contribution is -2.21. The summed E-state index contributed by atoms with van der Waals surface area (Å²) in [5.41, 5.74) is 1.10. The first kappa shape index (κ1) is 11.7. The summed E-state index contributed by atoms with van der Waals surface area (Å²) in [4.78, 5) is 5.16. The van der Waals surface area contributed by atoms with Crippen molar-refractivity contribution >= 4 is 11.3 Å². The number of thiophene rings is 1. The zero-order valence-corrected chi connectivity index (χ0v) is 9.86. The first-order valence-electron chi connectivity index (χ1n) is 5.27. The highest BCUT2D eigenvalue weighted by atomic mass is 32.1. The summed E-state index contributed by atoms with van der Waals surface area (Å²) < 4.78 is 41.2. The Labute approximate surface area is 104 Å². The molecule has 0 atom stereocenters. The summed E-state index contributed by atoms with van der Waals surface area (Å²) in [6, 6.07) is 1.82. The van der Waals surface area contributed by atoms with Crippen LogP contribution in [0.4, 0.5) is 13.2 Å².